The van der Waals surface area contributed by atoms with Crippen molar-refractivity contribution < 1.29 is 85.2 Å². The summed E-state index contributed by atoms with van der Waals surface area (Å²) in [4.78, 5) is 46.6. The number of phenols is 2. The smallest absolute Gasteiger partial charge is 0.306 e. The number of halogens is 4. The fourth-order valence-corrected chi connectivity index (χ4v) is 17.8. The molecule has 0 bridgehead atoms. The van der Waals surface area contributed by atoms with Gasteiger partial charge in [-0.05, 0) is 367 Å². The van der Waals surface area contributed by atoms with Crippen LogP contribution < -0.4 is 23.7 Å². The molecule has 0 saturated heterocycles. The zero-order valence-electron chi connectivity index (χ0n) is 74.2. The topological polar surface area (TPSA) is 192 Å². The molecule has 4 fully saturated rings. The molecule has 670 valence electrons. The average molecular weight is 1760 g/mol. The molecule has 0 aliphatic heterocycles. The maximum absolute atomic E-state index is 14.9. The van der Waals surface area contributed by atoms with Crippen LogP contribution in [0.3, 0.4) is 0 Å². The number of esters is 4. The maximum atomic E-state index is 14.9. The second-order valence-electron chi connectivity index (χ2n) is 34.0. The minimum absolute atomic E-state index is 0.161. The summed E-state index contributed by atoms with van der Waals surface area (Å²) in [5, 5.41) is 18.9. The third-order valence-corrected chi connectivity index (χ3v) is 25.5. The van der Waals surface area contributed by atoms with Gasteiger partial charge >= 0.3 is 23.9 Å². The number of aromatic hydroxyl groups is 2. The lowest BCUT2D eigenvalue weighted by molar-refractivity contribution is -0.142. The van der Waals surface area contributed by atoms with Gasteiger partial charge in [-0.3, -0.25) is 19.2 Å². The first-order chi connectivity index (χ1) is 62.2. The normalized spacial score (nSPS) is 15.7. The molecule has 0 heterocycles. The van der Waals surface area contributed by atoms with Crippen LogP contribution in [0.4, 0.5) is 13.2 Å². The van der Waals surface area contributed by atoms with E-state index in [0.717, 1.165) is 193 Å². The van der Waals surface area contributed by atoms with Gasteiger partial charge in [-0.1, -0.05) is 103 Å². The highest BCUT2D eigenvalue weighted by Crippen LogP contribution is 2.50. The van der Waals surface area contributed by atoms with Crippen molar-refractivity contribution in [2.75, 3.05) is 49.8 Å². The number of benzene rings is 10. The van der Waals surface area contributed by atoms with Gasteiger partial charge < -0.3 is 52.8 Å². The Bertz CT molecular complexity index is 5320. The van der Waals surface area contributed by atoms with E-state index in [1.54, 1.807) is 82.0 Å². The van der Waals surface area contributed by atoms with Gasteiger partial charge in [0.1, 0.15) is 70.9 Å². The van der Waals surface area contributed by atoms with Crippen molar-refractivity contribution in [1.82, 2.24) is 0 Å². The molecule has 15 nitrogen and oxygen atoms in total. The van der Waals surface area contributed by atoms with Crippen LogP contribution >= 0.6 is 11.6 Å². The molecule has 4 atom stereocenters. The van der Waals surface area contributed by atoms with Crippen LogP contribution in [0.5, 0.6) is 40.2 Å². The standard InChI is InChI=1S/2C32H33FO4.C19H18ClFO.2C13H16O3/c2*1-35-25-13-15-31(33)30(18-25)27-14-10-21(16-29(27)22-6-3-4-7-22)20-37-26-9-5-8-24(17-26)28(23-11-12-23)19-32(34)36-2;1-22-15-7-9-19(21)18(11-15)16-8-6-13(12-20)10-17(16)14-4-2-3-5-14;2*1-16-13(15)8-12(9-5-6-9)10-3-2-4-11(14)7-10/h2*5-6,8-10,13-18,23,28H,3-4,7,11-12,19-20H2,1-2H3;4,6-11H,2-3,5,12H2,1H3;2*2-4,7,9,12,14H,5-6,8H2,1H3/t2*28-;;2*12-/m10.10/s1. The highest BCUT2D eigenvalue weighted by atomic mass is 35.5. The minimum Gasteiger partial charge on any atom is -0.508 e. The predicted octanol–water partition coefficient (Wildman–Crippen LogP) is 26.1. The van der Waals surface area contributed by atoms with Crippen molar-refractivity contribution in [2.24, 2.45) is 23.7 Å². The van der Waals surface area contributed by atoms with Gasteiger partial charge in [0, 0.05) is 22.6 Å². The van der Waals surface area contributed by atoms with Crippen LogP contribution in [-0.4, -0.2) is 83.9 Å². The first-order valence-electron chi connectivity index (χ1n) is 44.6. The molecule has 2 N–H and O–H groups in total. The molecule has 17 rings (SSSR count). The Morgan fingerprint density at radius 3 is 0.883 bits per heavy atom. The molecule has 19 heteroatoms. The quantitative estimate of drug-likeness (QED) is 0.0230. The van der Waals surface area contributed by atoms with Gasteiger partial charge in [-0.2, -0.15) is 0 Å². The third kappa shape index (κ3) is 25.9. The Labute approximate surface area is 755 Å². The van der Waals surface area contributed by atoms with Crippen molar-refractivity contribution in [2.45, 2.75) is 178 Å². The Hall–Kier alpha value is -12.0. The SMILES string of the molecule is COC(=O)C[C@@H](c1cccc(O)c1)C1CC1.COC(=O)C[C@@H](c1cccc(OCc2ccc(-c3cc(OC)ccc3F)c(C3=CCCC3)c2)c1)C1CC1.COC(=O)C[C@H](c1cccc(O)c1)C1CC1.COC(=O)C[C@H](c1cccc(OCc2ccc(-c3cc(OC)ccc3F)c(C3=CCCC3)c2)c1)C1CC1.COc1ccc(F)c(-c2ccc(CCl)cc2C2=CCCC2)c1. The molecule has 0 amide bonds. The van der Waals surface area contributed by atoms with E-state index in [1.165, 1.54) is 63.4 Å². The Kier molecular flexibility index (Phi) is 33.4. The van der Waals surface area contributed by atoms with E-state index in [2.05, 4.69) is 48.6 Å². The highest BCUT2D eigenvalue weighted by molar-refractivity contribution is 6.17. The summed E-state index contributed by atoms with van der Waals surface area (Å²) < 4.78 is 91.7. The molecule has 7 aliphatic carbocycles. The Balaban J connectivity index is 0.000000143. The van der Waals surface area contributed by atoms with E-state index in [9.17, 15) is 42.6 Å². The van der Waals surface area contributed by atoms with E-state index in [4.69, 9.17) is 54.2 Å². The van der Waals surface area contributed by atoms with Gasteiger partial charge in [-0.25, -0.2) is 13.2 Å². The number of hydrogen-bond acceptors (Lipinski definition) is 15. The molecule has 7 aliphatic rings. The summed E-state index contributed by atoms with van der Waals surface area (Å²) >= 11 is 5.97. The number of carbonyl (C=O) groups excluding carboxylic acids is 4. The lowest BCUT2D eigenvalue weighted by Gasteiger charge is -2.17. The van der Waals surface area contributed by atoms with E-state index in [1.807, 2.05) is 97.1 Å². The Morgan fingerprint density at radius 1 is 0.328 bits per heavy atom. The van der Waals surface area contributed by atoms with E-state index in [0.29, 0.717) is 102 Å². The van der Waals surface area contributed by atoms with Crippen molar-refractivity contribution in [3.05, 3.63) is 298 Å². The van der Waals surface area contributed by atoms with Crippen LogP contribution in [0, 0.1) is 41.1 Å². The lowest BCUT2D eigenvalue weighted by Crippen LogP contribution is -2.10. The fourth-order valence-electron chi connectivity index (χ4n) is 17.6. The summed E-state index contributed by atoms with van der Waals surface area (Å²) in [6.07, 6.45) is 27.1. The van der Waals surface area contributed by atoms with Crippen LogP contribution in [0.1, 0.15) is 214 Å². The van der Waals surface area contributed by atoms with Gasteiger partial charge in [-0.15, -0.1) is 11.6 Å². The molecular formula is C109H116ClF3O15. The van der Waals surface area contributed by atoms with E-state index in [-0.39, 0.29) is 76.5 Å². The number of ether oxygens (including phenoxy) is 9. The average Bonchev–Trinajstić information content (AvgIpc) is 1.18. The lowest BCUT2D eigenvalue weighted by atomic mass is 9.91. The zero-order valence-corrected chi connectivity index (χ0v) is 74.9. The second-order valence-corrected chi connectivity index (χ2v) is 34.3. The molecule has 0 aromatic heterocycles. The van der Waals surface area contributed by atoms with E-state index < -0.39 is 0 Å². The molecule has 10 aromatic carbocycles. The third-order valence-electron chi connectivity index (χ3n) is 25.2. The molecule has 4 saturated carbocycles. The Morgan fingerprint density at radius 2 is 0.617 bits per heavy atom. The largest absolute Gasteiger partial charge is 0.508 e. The van der Waals surface area contributed by atoms with Gasteiger partial charge in [0.15, 0.2) is 0 Å². The second kappa shape index (κ2) is 45.6. The molecule has 128 heavy (non-hydrogen) atoms. The molecule has 0 unspecified atom stereocenters. The van der Waals surface area contributed by atoms with Crippen LogP contribution in [0.15, 0.2) is 224 Å². The van der Waals surface area contributed by atoms with Crippen LogP contribution in [-0.2, 0) is 57.2 Å². The van der Waals surface area contributed by atoms with E-state index >= 15 is 0 Å². The summed E-state index contributed by atoms with van der Waals surface area (Å²) in [5.41, 5.74) is 18.6. The molecular weight excluding hydrogens is 1640 g/mol. The summed E-state index contributed by atoms with van der Waals surface area (Å²) in [6.45, 7) is 0.797. The van der Waals surface area contributed by atoms with Crippen molar-refractivity contribution in [1.29, 1.82) is 0 Å². The van der Waals surface area contributed by atoms with Crippen molar-refractivity contribution >= 4 is 52.2 Å². The minimum atomic E-state index is -0.265. The number of rotatable bonds is 32. The summed E-state index contributed by atoms with van der Waals surface area (Å²) in [5.74, 6) is 5.87. The number of phenolic OH excluding ortho intramolecular Hbond substituents is 2. The van der Waals surface area contributed by atoms with Crippen molar-refractivity contribution in [3.63, 3.8) is 0 Å². The summed E-state index contributed by atoms with van der Waals surface area (Å²) in [7, 11) is 10.5. The zero-order chi connectivity index (χ0) is 90.2. The highest BCUT2D eigenvalue weighted by Gasteiger charge is 2.38. The molecule has 0 spiro atoms. The van der Waals surface area contributed by atoms with Crippen molar-refractivity contribution in [3.8, 4) is 73.6 Å². The van der Waals surface area contributed by atoms with Crippen LogP contribution in [0.25, 0.3) is 50.1 Å². The van der Waals surface area contributed by atoms with Gasteiger partial charge in [0.05, 0.1) is 75.5 Å². The monoisotopic (exact) mass is 1760 g/mol. The first-order valence-corrected chi connectivity index (χ1v) is 45.1. The van der Waals surface area contributed by atoms with Crippen LogP contribution in [0.2, 0.25) is 0 Å². The maximum Gasteiger partial charge on any atom is 0.306 e. The summed E-state index contributed by atoms with van der Waals surface area (Å²) in [6, 6.07) is 63.2. The predicted molar refractivity (Wildman–Crippen MR) is 496 cm³/mol. The number of alkyl halides is 1. The first kappa shape index (κ1) is 93.6. The number of carbonyl (C=O) groups is 4. The number of hydrogen-bond donors (Lipinski definition) is 2. The number of allylic oxidation sites excluding steroid dienone is 6. The fraction of sp³-hybridized carbons (Fsp3) is 0.358. The molecule has 0 radical (unpaired) electrons. The van der Waals surface area contributed by atoms with Gasteiger partial charge in [0.25, 0.3) is 0 Å². The van der Waals surface area contributed by atoms with Gasteiger partial charge in [0.2, 0.25) is 0 Å². The molecule has 10 aromatic rings. The number of methoxy groups -OCH3 is 7.